The minimum atomic E-state index is 0.285. The van der Waals surface area contributed by atoms with Gasteiger partial charge in [0.2, 0.25) is 0 Å². The van der Waals surface area contributed by atoms with E-state index in [1.54, 1.807) is 0 Å². The summed E-state index contributed by atoms with van der Waals surface area (Å²) in [5, 5.41) is 0. The molecule has 0 radical (unpaired) electrons. The summed E-state index contributed by atoms with van der Waals surface area (Å²) < 4.78 is 64.6. The van der Waals surface area contributed by atoms with Crippen LogP contribution < -0.4 is 28.4 Å². The molecule has 0 saturated carbocycles. The molecule has 0 bridgehead atoms. The van der Waals surface area contributed by atoms with E-state index < -0.39 is 0 Å². The lowest BCUT2D eigenvalue weighted by Crippen LogP contribution is -2.03. The highest BCUT2D eigenvalue weighted by Gasteiger charge is 2.26. The van der Waals surface area contributed by atoms with Crippen molar-refractivity contribution in [2.75, 3.05) is 79.3 Å². The Kier molecular flexibility index (Phi) is 23.0. The summed E-state index contributed by atoms with van der Waals surface area (Å²) in [7, 11) is 0. The van der Waals surface area contributed by atoms with Gasteiger partial charge >= 0.3 is 0 Å². The molecule has 14 rings (SSSR count). The van der Waals surface area contributed by atoms with Gasteiger partial charge in [0.15, 0.2) is 0 Å². The Morgan fingerprint density at radius 3 is 0.453 bits per heavy atom. The highest BCUT2D eigenvalue weighted by molar-refractivity contribution is 5.67. The van der Waals surface area contributed by atoms with Gasteiger partial charge in [0.25, 0.3) is 0 Å². The molecule has 6 fully saturated rings. The summed E-state index contributed by atoms with van der Waals surface area (Å²) in [6.45, 7) is 17.4. The Morgan fingerprint density at radius 2 is 0.349 bits per heavy atom. The number of benzene rings is 8. The first kappa shape index (κ1) is 61.4. The molecule has 450 valence electrons. The second kappa shape index (κ2) is 32.2. The van der Waals surface area contributed by atoms with Crippen molar-refractivity contribution in [2.24, 2.45) is 0 Å². The molecule has 8 aromatic carbocycles. The fraction of sp³-hybridized carbons (Fsp3) is 0.351. The summed E-state index contributed by atoms with van der Waals surface area (Å²) in [5.41, 5.74) is 12.7. The Balaban J connectivity index is 0.000000124. The summed E-state index contributed by atoms with van der Waals surface area (Å²) in [6.07, 6.45) is 6.28. The molecule has 6 unspecified atom stereocenters. The highest BCUT2D eigenvalue weighted by Crippen LogP contribution is 2.29. The fourth-order valence-electron chi connectivity index (χ4n) is 8.60. The van der Waals surface area contributed by atoms with E-state index >= 15 is 0 Å². The van der Waals surface area contributed by atoms with E-state index in [1.165, 1.54) is 22.3 Å². The van der Waals surface area contributed by atoms with Crippen LogP contribution in [0.15, 0.2) is 194 Å². The molecule has 0 N–H and O–H groups in total. The van der Waals surface area contributed by atoms with E-state index in [2.05, 4.69) is 149 Å². The summed E-state index contributed by atoms with van der Waals surface area (Å²) in [6, 6.07) is 66.4. The highest BCUT2D eigenvalue weighted by atomic mass is 16.6. The van der Waals surface area contributed by atoms with Crippen LogP contribution in [0.2, 0.25) is 0 Å². The van der Waals surface area contributed by atoms with Crippen molar-refractivity contribution in [2.45, 2.75) is 90.0 Å². The normalized spacial score (nSPS) is 19.3. The molecule has 12 heteroatoms. The molecule has 0 aliphatic carbocycles. The van der Waals surface area contributed by atoms with E-state index in [9.17, 15) is 0 Å². The van der Waals surface area contributed by atoms with Gasteiger partial charge in [-0.25, -0.2) is 0 Å². The van der Waals surface area contributed by atoms with E-state index in [-0.39, 0.29) is 36.6 Å². The molecular weight excluding hydrogens is 1080 g/mol. The maximum atomic E-state index is 5.64. The maximum absolute atomic E-state index is 5.64. The zero-order valence-electron chi connectivity index (χ0n) is 50.2. The van der Waals surface area contributed by atoms with Gasteiger partial charge < -0.3 is 56.8 Å². The molecule has 0 amide bonds. The van der Waals surface area contributed by atoms with Crippen molar-refractivity contribution in [1.82, 2.24) is 0 Å². The maximum Gasteiger partial charge on any atom is 0.119 e. The first-order valence-electron chi connectivity index (χ1n) is 30.6. The Hall–Kier alpha value is -7.68. The molecule has 6 aliphatic heterocycles. The average molecular weight is 1160 g/mol. The molecule has 6 atom stereocenters. The van der Waals surface area contributed by atoms with Crippen molar-refractivity contribution in [3.8, 4) is 67.9 Å². The van der Waals surface area contributed by atoms with Crippen molar-refractivity contribution >= 4 is 0 Å². The molecule has 8 aromatic rings. The third kappa shape index (κ3) is 22.0. The van der Waals surface area contributed by atoms with Gasteiger partial charge in [0.05, 0.1) is 39.6 Å². The number of epoxide rings is 6. The van der Waals surface area contributed by atoms with Crippen LogP contribution in [0.25, 0.3) is 33.4 Å². The second-order valence-electron chi connectivity index (χ2n) is 21.8. The molecular formula is C74H82O12. The van der Waals surface area contributed by atoms with Crippen LogP contribution in [-0.2, 0) is 54.1 Å². The molecule has 6 heterocycles. The van der Waals surface area contributed by atoms with Gasteiger partial charge in [-0.1, -0.05) is 149 Å². The van der Waals surface area contributed by atoms with E-state index in [0.29, 0.717) is 39.6 Å². The number of hydrogen-bond acceptors (Lipinski definition) is 12. The van der Waals surface area contributed by atoms with Crippen LogP contribution in [-0.4, -0.2) is 116 Å². The van der Waals surface area contributed by atoms with Crippen LogP contribution in [0, 0.1) is 0 Å². The minimum Gasteiger partial charge on any atom is -0.491 e. The van der Waals surface area contributed by atoms with Gasteiger partial charge in [0.1, 0.15) is 111 Å². The fourth-order valence-corrected chi connectivity index (χ4v) is 8.60. The summed E-state index contributed by atoms with van der Waals surface area (Å²) in [4.78, 5) is 0. The number of hydrogen-bond donors (Lipinski definition) is 0. The number of ether oxygens (including phenoxy) is 12. The van der Waals surface area contributed by atoms with Crippen LogP contribution in [0.5, 0.6) is 34.5 Å². The lowest BCUT2D eigenvalue weighted by molar-refractivity contribution is 0.263. The second-order valence-corrected chi connectivity index (χ2v) is 21.8. The largest absolute Gasteiger partial charge is 0.491 e. The zero-order chi connectivity index (χ0) is 59.1. The Morgan fingerprint density at radius 1 is 0.221 bits per heavy atom. The van der Waals surface area contributed by atoms with Gasteiger partial charge in [-0.2, -0.15) is 0 Å². The summed E-state index contributed by atoms with van der Waals surface area (Å²) >= 11 is 0. The summed E-state index contributed by atoms with van der Waals surface area (Å²) in [5.74, 6) is 5.27. The quantitative estimate of drug-likeness (QED) is 0.0505. The molecule has 0 spiro atoms. The molecule has 6 aliphatic rings. The number of rotatable bonds is 25. The van der Waals surface area contributed by atoms with Crippen molar-refractivity contribution in [1.29, 1.82) is 0 Å². The zero-order valence-corrected chi connectivity index (χ0v) is 50.2. The Bertz CT molecular complexity index is 2640. The monoisotopic (exact) mass is 1160 g/mol. The topological polar surface area (TPSA) is 131 Å². The van der Waals surface area contributed by atoms with E-state index in [0.717, 1.165) is 133 Å². The lowest BCUT2D eigenvalue weighted by atomic mass is 10.1. The smallest absolute Gasteiger partial charge is 0.119 e. The molecule has 86 heavy (non-hydrogen) atoms. The van der Waals surface area contributed by atoms with Crippen molar-refractivity contribution in [3.05, 3.63) is 216 Å². The van der Waals surface area contributed by atoms with Crippen LogP contribution in [0.3, 0.4) is 0 Å². The van der Waals surface area contributed by atoms with Crippen LogP contribution in [0.1, 0.15) is 49.9 Å². The molecule has 12 nitrogen and oxygen atoms in total. The van der Waals surface area contributed by atoms with Gasteiger partial charge in [-0.15, -0.1) is 0 Å². The Labute approximate surface area is 508 Å². The standard InChI is InChI=1S/3C18H18O4.2C10H14/c3*1-5-15(19-9-17-11-21-17)6-2-13(1)14-3-7-16(8-4-14)20-10-18-12-22-18;2*1-3-9-5-7-10(4-2)8-6-9/h3*1-8,17-18H,9-12H2;2*5-8H,3-4H2,1-2H3. The van der Waals surface area contributed by atoms with Crippen LogP contribution >= 0.6 is 0 Å². The van der Waals surface area contributed by atoms with Gasteiger partial charge in [-0.05, 0) is 154 Å². The predicted molar refractivity (Wildman–Crippen MR) is 337 cm³/mol. The lowest BCUT2D eigenvalue weighted by Gasteiger charge is -2.08. The first-order chi connectivity index (χ1) is 42.3. The molecule has 0 aromatic heterocycles. The average Bonchev–Trinajstić information content (AvgIpc) is 4.52. The van der Waals surface area contributed by atoms with E-state index in [4.69, 9.17) is 56.8 Å². The van der Waals surface area contributed by atoms with Crippen molar-refractivity contribution in [3.63, 3.8) is 0 Å². The third-order valence-corrected chi connectivity index (χ3v) is 14.8. The van der Waals surface area contributed by atoms with Crippen LogP contribution in [0.4, 0.5) is 0 Å². The SMILES string of the molecule is CCc1ccc(CC)cc1.CCc1ccc(CC)cc1.c1cc(-c2ccc(OCC3CO3)cc2)ccc1OCC1CO1.c1cc(-c2ccc(OCC3CO3)cc2)ccc1OCC1CO1.c1cc(-c2ccc(OCC3CO3)cc2)ccc1OCC1CO1. The number of aryl methyl sites for hydroxylation is 4. The third-order valence-electron chi connectivity index (χ3n) is 14.8. The molecule has 6 saturated heterocycles. The predicted octanol–water partition coefficient (Wildman–Crippen LogP) is 14.3. The van der Waals surface area contributed by atoms with Gasteiger partial charge in [-0.3, -0.25) is 0 Å². The first-order valence-corrected chi connectivity index (χ1v) is 30.6. The minimum absolute atomic E-state index is 0.285. The van der Waals surface area contributed by atoms with Gasteiger partial charge in [0, 0.05) is 0 Å². The van der Waals surface area contributed by atoms with Crippen molar-refractivity contribution < 1.29 is 56.8 Å². The van der Waals surface area contributed by atoms with E-state index in [1.807, 2.05) is 72.8 Å².